The van der Waals surface area contributed by atoms with Gasteiger partial charge in [0.05, 0.1) is 28.9 Å². The van der Waals surface area contributed by atoms with Crippen LogP contribution in [0.1, 0.15) is 28.4 Å². The molecule has 0 aliphatic carbocycles. The predicted molar refractivity (Wildman–Crippen MR) is 133 cm³/mol. The van der Waals surface area contributed by atoms with Crippen LogP contribution >= 0.6 is 15.9 Å². The SMILES string of the molecule is COc1cc(C=C2C(=O)N(c3ccc(C(=O)O)cc3)NC2C)cc(Br)c1OCc1ccccc1. The third kappa shape index (κ3) is 4.98. The first-order chi connectivity index (χ1) is 16.4. The van der Waals surface area contributed by atoms with Crippen molar-refractivity contribution in [1.29, 1.82) is 0 Å². The van der Waals surface area contributed by atoms with Crippen molar-refractivity contribution in [3.05, 3.63) is 93.5 Å². The number of nitrogens with zero attached hydrogens (tertiary/aromatic N) is 1. The molecule has 174 valence electrons. The zero-order valence-electron chi connectivity index (χ0n) is 18.6. The van der Waals surface area contributed by atoms with E-state index in [0.717, 1.165) is 11.1 Å². The Hall–Kier alpha value is -3.62. The number of benzene rings is 3. The highest BCUT2D eigenvalue weighted by atomic mass is 79.9. The van der Waals surface area contributed by atoms with Gasteiger partial charge in [0.1, 0.15) is 6.61 Å². The molecule has 34 heavy (non-hydrogen) atoms. The van der Waals surface area contributed by atoms with E-state index in [1.54, 1.807) is 25.3 Å². The molecule has 0 saturated carbocycles. The molecule has 0 aromatic heterocycles. The maximum absolute atomic E-state index is 13.1. The van der Waals surface area contributed by atoms with Crippen molar-refractivity contribution in [2.24, 2.45) is 0 Å². The second kappa shape index (κ2) is 10.1. The largest absolute Gasteiger partial charge is 0.493 e. The van der Waals surface area contributed by atoms with Crippen molar-refractivity contribution in [2.75, 3.05) is 12.1 Å². The Labute approximate surface area is 205 Å². The summed E-state index contributed by atoms with van der Waals surface area (Å²) in [6.45, 7) is 2.28. The van der Waals surface area contributed by atoms with Gasteiger partial charge in [-0.1, -0.05) is 30.3 Å². The Balaban J connectivity index is 1.57. The number of anilines is 1. The molecule has 0 radical (unpaired) electrons. The fourth-order valence-corrected chi connectivity index (χ4v) is 4.21. The average Bonchev–Trinajstić information content (AvgIpc) is 3.12. The minimum absolute atomic E-state index is 0.158. The van der Waals surface area contributed by atoms with Gasteiger partial charge in [0.15, 0.2) is 11.5 Å². The van der Waals surface area contributed by atoms with E-state index in [9.17, 15) is 9.59 Å². The number of hydrazine groups is 1. The van der Waals surface area contributed by atoms with E-state index in [0.29, 0.717) is 33.8 Å². The summed E-state index contributed by atoms with van der Waals surface area (Å²) in [6, 6.07) is 19.4. The first kappa shape index (κ1) is 23.5. The van der Waals surface area contributed by atoms with Crippen LogP contribution in [0.3, 0.4) is 0 Å². The van der Waals surface area contributed by atoms with Crippen molar-refractivity contribution in [3.63, 3.8) is 0 Å². The van der Waals surface area contributed by atoms with Crippen LogP contribution in [0.2, 0.25) is 0 Å². The van der Waals surface area contributed by atoms with Crippen LogP contribution in [0.15, 0.2) is 76.8 Å². The molecule has 1 aliphatic rings. The van der Waals surface area contributed by atoms with E-state index >= 15 is 0 Å². The first-order valence-corrected chi connectivity index (χ1v) is 11.4. The topological polar surface area (TPSA) is 88.1 Å². The van der Waals surface area contributed by atoms with Crippen molar-refractivity contribution in [3.8, 4) is 11.5 Å². The van der Waals surface area contributed by atoms with Crippen LogP contribution in [0.5, 0.6) is 11.5 Å². The number of methoxy groups -OCH3 is 1. The van der Waals surface area contributed by atoms with Crippen LogP contribution in [0, 0.1) is 0 Å². The standard InChI is InChI=1S/C26H23BrN2O5/c1-16-21(25(30)29(28-16)20-10-8-19(9-11-20)26(31)32)12-18-13-22(27)24(23(14-18)33-2)34-15-17-6-4-3-5-7-17/h3-14,16,28H,15H2,1-2H3,(H,31,32). The second-order valence-electron chi connectivity index (χ2n) is 7.75. The van der Waals surface area contributed by atoms with E-state index in [1.165, 1.54) is 17.1 Å². The van der Waals surface area contributed by atoms with Gasteiger partial charge in [0.25, 0.3) is 5.91 Å². The molecule has 3 aromatic carbocycles. The molecule has 8 heteroatoms. The molecule has 2 N–H and O–H groups in total. The van der Waals surface area contributed by atoms with E-state index in [-0.39, 0.29) is 17.5 Å². The number of hydrogen-bond acceptors (Lipinski definition) is 5. The van der Waals surface area contributed by atoms with E-state index in [4.69, 9.17) is 14.6 Å². The van der Waals surface area contributed by atoms with E-state index < -0.39 is 5.97 Å². The number of amides is 1. The predicted octanol–water partition coefficient (Wildman–Crippen LogP) is 5.06. The molecule has 1 heterocycles. The number of ether oxygens (including phenoxy) is 2. The molecule has 0 spiro atoms. The van der Waals surface area contributed by atoms with Gasteiger partial charge in [-0.15, -0.1) is 0 Å². The maximum atomic E-state index is 13.1. The molecule has 1 aliphatic heterocycles. The van der Waals surface area contributed by atoms with Crippen molar-refractivity contribution < 1.29 is 24.2 Å². The van der Waals surface area contributed by atoms with Gasteiger partial charge in [-0.05, 0) is 76.5 Å². The zero-order valence-corrected chi connectivity index (χ0v) is 20.2. The molecular formula is C26H23BrN2O5. The molecule has 0 bridgehead atoms. The third-order valence-corrected chi connectivity index (χ3v) is 6.00. The highest BCUT2D eigenvalue weighted by Crippen LogP contribution is 2.38. The summed E-state index contributed by atoms with van der Waals surface area (Å²) in [6.07, 6.45) is 1.81. The number of rotatable bonds is 7. The summed E-state index contributed by atoms with van der Waals surface area (Å²) in [7, 11) is 1.57. The maximum Gasteiger partial charge on any atom is 0.335 e. The Kier molecular flexibility index (Phi) is 7.00. The van der Waals surface area contributed by atoms with Crippen molar-refractivity contribution in [1.82, 2.24) is 5.43 Å². The normalized spacial score (nSPS) is 16.7. The highest BCUT2D eigenvalue weighted by Gasteiger charge is 2.33. The summed E-state index contributed by atoms with van der Waals surface area (Å²) in [4.78, 5) is 24.2. The van der Waals surface area contributed by atoms with Crippen LogP contribution < -0.4 is 19.9 Å². The lowest BCUT2D eigenvalue weighted by atomic mass is 10.1. The Morgan fingerprint density at radius 1 is 1.15 bits per heavy atom. The summed E-state index contributed by atoms with van der Waals surface area (Å²) in [5.41, 5.74) is 6.23. The molecule has 1 amide bonds. The summed E-state index contributed by atoms with van der Waals surface area (Å²) in [5, 5.41) is 10.5. The molecule has 1 atom stereocenters. The summed E-state index contributed by atoms with van der Waals surface area (Å²) < 4.78 is 12.3. The zero-order chi connectivity index (χ0) is 24.2. The van der Waals surface area contributed by atoms with Gasteiger partial charge < -0.3 is 14.6 Å². The lowest BCUT2D eigenvalue weighted by molar-refractivity contribution is -0.114. The van der Waals surface area contributed by atoms with Gasteiger partial charge >= 0.3 is 5.97 Å². The smallest absolute Gasteiger partial charge is 0.335 e. The number of carbonyl (C=O) groups is 2. The van der Waals surface area contributed by atoms with Crippen molar-refractivity contribution >= 4 is 39.6 Å². The monoisotopic (exact) mass is 522 g/mol. The van der Waals surface area contributed by atoms with Gasteiger partial charge in [-0.25, -0.2) is 15.2 Å². The lowest BCUT2D eigenvalue weighted by Gasteiger charge is -2.16. The Morgan fingerprint density at radius 3 is 2.50 bits per heavy atom. The number of nitrogens with one attached hydrogen (secondary N) is 1. The van der Waals surface area contributed by atoms with Gasteiger partial charge in [-0.2, -0.15) is 0 Å². The average molecular weight is 523 g/mol. The first-order valence-electron chi connectivity index (χ1n) is 10.6. The van der Waals surface area contributed by atoms with Gasteiger partial charge in [0, 0.05) is 5.57 Å². The number of hydrogen-bond donors (Lipinski definition) is 2. The van der Waals surface area contributed by atoms with Crippen LogP contribution in [-0.2, 0) is 11.4 Å². The molecule has 3 aromatic rings. The number of carboxylic acid groups (broad SMARTS) is 1. The molecule has 4 rings (SSSR count). The van der Waals surface area contributed by atoms with Gasteiger partial charge in [0.2, 0.25) is 0 Å². The van der Waals surface area contributed by atoms with Crippen LogP contribution in [0.4, 0.5) is 5.69 Å². The quantitative estimate of drug-likeness (QED) is 0.421. The van der Waals surface area contributed by atoms with Crippen LogP contribution in [-0.4, -0.2) is 30.1 Å². The summed E-state index contributed by atoms with van der Waals surface area (Å²) in [5.74, 6) is -0.103. The van der Waals surface area contributed by atoms with E-state index in [1.807, 2.05) is 49.4 Å². The third-order valence-electron chi connectivity index (χ3n) is 5.41. The number of halogens is 1. The molecule has 7 nitrogen and oxygen atoms in total. The lowest BCUT2D eigenvalue weighted by Crippen LogP contribution is -2.36. The van der Waals surface area contributed by atoms with E-state index in [2.05, 4.69) is 21.4 Å². The summed E-state index contributed by atoms with van der Waals surface area (Å²) >= 11 is 3.57. The highest BCUT2D eigenvalue weighted by molar-refractivity contribution is 9.10. The number of aromatic carboxylic acids is 1. The molecular weight excluding hydrogens is 500 g/mol. The van der Waals surface area contributed by atoms with Crippen molar-refractivity contribution in [2.45, 2.75) is 19.6 Å². The Morgan fingerprint density at radius 2 is 1.85 bits per heavy atom. The number of carbonyl (C=O) groups excluding carboxylic acids is 1. The Bertz CT molecular complexity index is 1240. The fraction of sp³-hybridized carbons (Fsp3) is 0.154. The minimum Gasteiger partial charge on any atom is -0.493 e. The van der Waals surface area contributed by atoms with Crippen LogP contribution in [0.25, 0.3) is 6.08 Å². The fourth-order valence-electron chi connectivity index (χ4n) is 3.64. The molecule has 1 saturated heterocycles. The minimum atomic E-state index is -1.02. The van der Waals surface area contributed by atoms with Gasteiger partial charge in [-0.3, -0.25) is 4.79 Å². The number of carboxylic acids is 1. The molecule has 1 unspecified atom stereocenters. The molecule has 1 fully saturated rings. The second-order valence-corrected chi connectivity index (χ2v) is 8.61.